The Balaban J connectivity index is 1.46. The smallest absolute Gasteiger partial charge is 0.193 e. The van der Waals surface area contributed by atoms with Crippen LogP contribution in [0.1, 0.15) is 38.5 Å². The number of likely N-dealkylation sites (N-methyl/N-ethyl adjacent to an activating group) is 1. The Morgan fingerprint density at radius 2 is 2.00 bits per heavy atom. The Morgan fingerprint density at radius 3 is 2.64 bits per heavy atom. The van der Waals surface area contributed by atoms with Crippen molar-refractivity contribution in [3.63, 3.8) is 0 Å². The van der Waals surface area contributed by atoms with Gasteiger partial charge in [-0.05, 0) is 31.6 Å². The number of nitrogens with zero attached hydrogens (tertiary/aromatic N) is 3. The molecule has 0 amide bonds. The molecule has 0 atom stereocenters. The van der Waals surface area contributed by atoms with Crippen LogP contribution >= 0.6 is 11.8 Å². The lowest BCUT2D eigenvalue weighted by Gasteiger charge is -2.44. The van der Waals surface area contributed by atoms with Crippen LogP contribution in [0, 0.1) is 5.92 Å². The first-order valence-electron chi connectivity index (χ1n) is 10.1. The summed E-state index contributed by atoms with van der Waals surface area (Å²) >= 11 is 2.10. The Labute approximate surface area is 157 Å². The van der Waals surface area contributed by atoms with Crippen LogP contribution in [0.5, 0.6) is 0 Å². The molecule has 2 aliphatic carbocycles. The van der Waals surface area contributed by atoms with Gasteiger partial charge in [0.05, 0.1) is 6.61 Å². The van der Waals surface area contributed by atoms with Crippen molar-refractivity contribution >= 4 is 17.7 Å². The molecule has 1 heterocycles. The summed E-state index contributed by atoms with van der Waals surface area (Å²) in [5.74, 6) is 4.42. The maximum Gasteiger partial charge on any atom is 0.193 e. The van der Waals surface area contributed by atoms with Crippen LogP contribution in [0.3, 0.4) is 0 Å². The Kier molecular flexibility index (Phi) is 7.31. The van der Waals surface area contributed by atoms with E-state index in [1.54, 1.807) is 0 Å². The normalized spacial score (nSPS) is 24.5. The molecule has 0 aromatic carbocycles. The topological polar surface area (TPSA) is 40.1 Å². The van der Waals surface area contributed by atoms with Crippen LogP contribution in [0.4, 0.5) is 0 Å². The number of hydrogen-bond donors (Lipinski definition) is 1. The van der Waals surface area contributed by atoms with Gasteiger partial charge in [0, 0.05) is 63.9 Å². The van der Waals surface area contributed by atoms with E-state index in [4.69, 9.17) is 4.74 Å². The third-order valence-electron chi connectivity index (χ3n) is 5.99. The molecule has 3 aliphatic rings. The number of nitrogens with one attached hydrogen (secondary N) is 1. The predicted octanol–water partition coefficient (Wildman–Crippen LogP) is 2.28. The summed E-state index contributed by atoms with van der Waals surface area (Å²) in [6.07, 6.45) is 8.11. The maximum atomic E-state index is 5.78. The first-order valence-corrected chi connectivity index (χ1v) is 11.2. The van der Waals surface area contributed by atoms with Crippen LogP contribution in [0.2, 0.25) is 0 Å². The molecule has 3 rings (SSSR count). The fourth-order valence-electron chi connectivity index (χ4n) is 4.15. The number of ether oxygens (including phenoxy) is 1. The fraction of sp³-hybridized carbons (Fsp3) is 0.947. The van der Waals surface area contributed by atoms with Crippen LogP contribution in [-0.2, 0) is 4.74 Å². The first kappa shape index (κ1) is 19.3. The highest BCUT2D eigenvalue weighted by atomic mass is 32.2. The van der Waals surface area contributed by atoms with E-state index in [-0.39, 0.29) is 0 Å². The van der Waals surface area contributed by atoms with E-state index in [0.29, 0.717) is 5.54 Å². The molecule has 5 nitrogen and oxygen atoms in total. The number of hydrogen-bond acceptors (Lipinski definition) is 4. The van der Waals surface area contributed by atoms with Crippen molar-refractivity contribution in [1.82, 2.24) is 15.1 Å². The molecule has 0 radical (unpaired) electrons. The van der Waals surface area contributed by atoms with Gasteiger partial charge in [-0.3, -0.25) is 9.89 Å². The molecule has 0 aromatic heterocycles. The third kappa shape index (κ3) is 5.51. The molecule has 0 unspecified atom stereocenters. The fourth-order valence-corrected chi connectivity index (χ4v) is 5.05. The van der Waals surface area contributed by atoms with E-state index in [2.05, 4.69) is 38.9 Å². The van der Waals surface area contributed by atoms with Gasteiger partial charge in [0.1, 0.15) is 0 Å². The lowest BCUT2D eigenvalue weighted by molar-refractivity contribution is 0.104. The number of guanidine groups is 1. The molecule has 1 N–H and O–H groups in total. The van der Waals surface area contributed by atoms with Crippen LogP contribution in [0.25, 0.3) is 0 Å². The zero-order valence-corrected chi connectivity index (χ0v) is 17.0. The van der Waals surface area contributed by atoms with Gasteiger partial charge in [0.15, 0.2) is 5.96 Å². The van der Waals surface area contributed by atoms with E-state index in [1.807, 2.05) is 7.05 Å². The third-order valence-corrected chi connectivity index (χ3v) is 6.93. The highest BCUT2D eigenvalue weighted by Crippen LogP contribution is 2.36. The van der Waals surface area contributed by atoms with Crippen molar-refractivity contribution in [3.05, 3.63) is 0 Å². The molecule has 0 spiro atoms. The predicted molar refractivity (Wildman–Crippen MR) is 108 cm³/mol. The summed E-state index contributed by atoms with van der Waals surface area (Å²) in [4.78, 5) is 9.47. The minimum atomic E-state index is 0.347. The summed E-state index contributed by atoms with van der Waals surface area (Å²) in [6, 6.07) is 0. The van der Waals surface area contributed by atoms with Crippen molar-refractivity contribution in [2.45, 2.75) is 44.1 Å². The van der Waals surface area contributed by atoms with Crippen LogP contribution < -0.4 is 5.32 Å². The SMILES string of the molecule is CN=C(NCC1(N2CCSCC2)CCCC1)N(C)CCOCC1CC1. The zero-order valence-electron chi connectivity index (χ0n) is 16.1. The Hall–Kier alpha value is -0.460. The van der Waals surface area contributed by atoms with Gasteiger partial charge in [-0.25, -0.2) is 0 Å². The molecule has 1 saturated heterocycles. The Bertz CT molecular complexity index is 429. The largest absolute Gasteiger partial charge is 0.379 e. The van der Waals surface area contributed by atoms with Gasteiger partial charge in [0.2, 0.25) is 0 Å². The second-order valence-electron chi connectivity index (χ2n) is 7.87. The molecular weight excluding hydrogens is 332 g/mol. The highest BCUT2D eigenvalue weighted by Gasteiger charge is 2.40. The first-order chi connectivity index (χ1) is 12.2. The van der Waals surface area contributed by atoms with Gasteiger partial charge < -0.3 is 15.0 Å². The van der Waals surface area contributed by atoms with Crippen molar-refractivity contribution in [1.29, 1.82) is 0 Å². The van der Waals surface area contributed by atoms with E-state index in [0.717, 1.165) is 38.2 Å². The number of rotatable bonds is 8. The zero-order chi connectivity index (χ0) is 17.5. The van der Waals surface area contributed by atoms with Crippen molar-refractivity contribution in [2.24, 2.45) is 10.9 Å². The van der Waals surface area contributed by atoms with Crippen molar-refractivity contribution in [2.75, 3.05) is 65.0 Å². The average molecular weight is 369 g/mol. The average Bonchev–Trinajstić information content (AvgIpc) is 3.35. The molecule has 6 heteroatoms. The summed E-state index contributed by atoms with van der Waals surface area (Å²) in [5.41, 5.74) is 0.347. The standard InChI is InChI=1S/C19H36N4OS/c1-20-18(22(2)9-12-24-15-17-5-6-17)21-16-19(7-3-4-8-19)23-10-13-25-14-11-23/h17H,3-16H2,1-2H3,(H,20,21). The van der Waals surface area contributed by atoms with Gasteiger partial charge in [-0.15, -0.1) is 0 Å². The molecule has 25 heavy (non-hydrogen) atoms. The minimum Gasteiger partial charge on any atom is -0.379 e. The lowest BCUT2D eigenvalue weighted by Crippen LogP contribution is -2.57. The van der Waals surface area contributed by atoms with Gasteiger partial charge in [-0.1, -0.05) is 12.8 Å². The molecule has 0 aromatic rings. The molecule has 2 saturated carbocycles. The quantitative estimate of drug-likeness (QED) is 0.404. The molecule has 3 fully saturated rings. The Morgan fingerprint density at radius 1 is 1.28 bits per heavy atom. The van der Waals surface area contributed by atoms with E-state index in [1.165, 1.54) is 63.1 Å². The van der Waals surface area contributed by atoms with Crippen LogP contribution in [-0.4, -0.2) is 86.3 Å². The summed E-state index contributed by atoms with van der Waals surface area (Å²) in [5, 5.41) is 3.68. The maximum absolute atomic E-state index is 5.78. The summed E-state index contributed by atoms with van der Waals surface area (Å²) < 4.78 is 5.78. The monoisotopic (exact) mass is 368 g/mol. The minimum absolute atomic E-state index is 0.347. The second kappa shape index (κ2) is 9.47. The van der Waals surface area contributed by atoms with Gasteiger partial charge >= 0.3 is 0 Å². The molecule has 144 valence electrons. The second-order valence-corrected chi connectivity index (χ2v) is 9.10. The van der Waals surface area contributed by atoms with E-state index < -0.39 is 0 Å². The van der Waals surface area contributed by atoms with Crippen molar-refractivity contribution in [3.8, 4) is 0 Å². The van der Waals surface area contributed by atoms with E-state index in [9.17, 15) is 0 Å². The van der Waals surface area contributed by atoms with Crippen molar-refractivity contribution < 1.29 is 4.74 Å². The number of aliphatic imine (C=N–C) groups is 1. The highest BCUT2D eigenvalue weighted by molar-refractivity contribution is 7.99. The summed E-state index contributed by atoms with van der Waals surface area (Å²) in [6.45, 7) is 6.15. The number of thioether (sulfide) groups is 1. The lowest BCUT2D eigenvalue weighted by atomic mass is 9.94. The summed E-state index contributed by atoms with van der Waals surface area (Å²) in [7, 11) is 4.01. The van der Waals surface area contributed by atoms with E-state index >= 15 is 0 Å². The molecular formula is C19H36N4OS. The molecule has 1 aliphatic heterocycles. The molecule has 0 bridgehead atoms. The van der Waals surface area contributed by atoms with Gasteiger partial charge in [0.25, 0.3) is 0 Å². The van der Waals surface area contributed by atoms with Gasteiger partial charge in [-0.2, -0.15) is 11.8 Å². The van der Waals surface area contributed by atoms with Crippen LogP contribution in [0.15, 0.2) is 4.99 Å².